The summed E-state index contributed by atoms with van der Waals surface area (Å²) in [6, 6.07) is 0.973. The first kappa shape index (κ1) is 20.9. The van der Waals surface area contributed by atoms with Crippen molar-refractivity contribution in [3.8, 4) is 0 Å². The topological polar surface area (TPSA) is 114 Å². The normalized spacial score (nSPS) is 18.7. The number of hydrogen-bond acceptors (Lipinski definition) is 8. The highest BCUT2D eigenvalue weighted by Crippen LogP contribution is 2.38. The summed E-state index contributed by atoms with van der Waals surface area (Å²) < 4.78 is 65.0. The molecule has 0 unspecified atom stereocenters. The van der Waals surface area contributed by atoms with Crippen LogP contribution in [0, 0.1) is 10.1 Å². The van der Waals surface area contributed by atoms with Crippen molar-refractivity contribution in [1.82, 2.24) is 9.29 Å². The molecule has 0 amide bonds. The van der Waals surface area contributed by atoms with E-state index < -0.39 is 43.3 Å². The van der Waals surface area contributed by atoms with Crippen LogP contribution in [0.15, 0.2) is 16.9 Å². The zero-order valence-electron chi connectivity index (χ0n) is 15.3. The Morgan fingerprint density at radius 2 is 1.80 bits per heavy atom. The number of fused-ring (bicyclic) bond motifs is 1. The van der Waals surface area contributed by atoms with E-state index in [-0.39, 0.29) is 41.3 Å². The van der Waals surface area contributed by atoms with E-state index in [2.05, 4.69) is 4.98 Å². The quantitative estimate of drug-likeness (QED) is 0.503. The Kier molecular flexibility index (Phi) is 4.97. The lowest BCUT2D eigenvalue weighted by atomic mass is 10.1. The van der Waals surface area contributed by atoms with Gasteiger partial charge in [0.2, 0.25) is 10.0 Å². The minimum atomic E-state index is -4.85. The summed E-state index contributed by atoms with van der Waals surface area (Å²) in [6.45, 7) is 0.785. The lowest BCUT2D eigenvalue weighted by molar-refractivity contribution is -0.383. The highest BCUT2D eigenvalue weighted by molar-refractivity contribution is 7.90. The van der Waals surface area contributed by atoms with E-state index in [1.807, 2.05) is 0 Å². The van der Waals surface area contributed by atoms with Crippen molar-refractivity contribution in [3.05, 3.63) is 38.2 Å². The average Bonchev–Trinajstić information content (AvgIpc) is 3.52. The van der Waals surface area contributed by atoms with Crippen molar-refractivity contribution in [1.29, 1.82) is 0 Å². The molecule has 0 bridgehead atoms. The molecule has 1 saturated carbocycles. The minimum Gasteiger partial charge on any atom is -0.345 e. The first-order valence-electron chi connectivity index (χ1n) is 8.93. The molecule has 0 radical (unpaired) electrons. The van der Waals surface area contributed by atoms with Gasteiger partial charge in [-0.15, -0.1) is 0 Å². The number of anilines is 1. The van der Waals surface area contributed by atoms with Crippen molar-refractivity contribution >= 4 is 42.3 Å². The van der Waals surface area contributed by atoms with Gasteiger partial charge in [0.15, 0.2) is 5.13 Å². The molecule has 2 heterocycles. The van der Waals surface area contributed by atoms with Crippen LogP contribution >= 0.6 is 11.3 Å². The number of nitro groups is 1. The third kappa shape index (κ3) is 3.74. The molecule has 1 aliphatic heterocycles. The molecule has 2 aromatic rings. The van der Waals surface area contributed by atoms with Crippen LogP contribution in [0.4, 0.5) is 24.0 Å². The number of piperazine rings is 1. The molecule has 2 fully saturated rings. The van der Waals surface area contributed by atoms with Crippen molar-refractivity contribution in [2.75, 3.05) is 31.1 Å². The largest absolute Gasteiger partial charge is 0.416 e. The average molecular weight is 464 g/mol. The Labute approximate surface area is 171 Å². The Balaban J connectivity index is 1.69. The van der Waals surface area contributed by atoms with Crippen LogP contribution in [0.2, 0.25) is 0 Å². The monoisotopic (exact) mass is 464 g/mol. The summed E-state index contributed by atoms with van der Waals surface area (Å²) in [5.41, 5.74) is -3.11. The van der Waals surface area contributed by atoms with E-state index in [1.54, 1.807) is 4.90 Å². The van der Waals surface area contributed by atoms with Gasteiger partial charge in [0.1, 0.15) is 4.70 Å². The third-order valence-electron chi connectivity index (χ3n) is 5.03. The standard InChI is InChI=1S/C16H15F3N4O5S2/c17-16(18,19)9-7-11-13(12(8-9)23(25)26)29-15(20-14(11)24)21-3-5-22(6-4-21)30(27,28)10-1-2-10/h7-8,10H,1-6H2. The van der Waals surface area contributed by atoms with Gasteiger partial charge < -0.3 is 4.90 Å². The number of rotatable bonds is 4. The molecule has 162 valence electrons. The SMILES string of the molecule is O=c1nc(N2CCN(S(=O)(=O)C3CC3)CC2)sc2c([N+](=O)[O-])cc(C(F)(F)F)cc12. The maximum Gasteiger partial charge on any atom is 0.416 e. The van der Waals surface area contributed by atoms with Gasteiger partial charge in [-0.3, -0.25) is 14.9 Å². The van der Waals surface area contributed by atoms with E-state index in [9.17, 15) is 36.5 Å². The number of nitrogens with zero attached hydrogens (tertiary/aromatic N) is 4. The van der Waals surface area contributed by atoms with E-state index >= 15 is 0 Å². The van der Waals surface area contributed by atoms with E-state index in [0.29, 0.717) is 25.0 Å². The van der Waals surface area contributed by atoms with Crippen LogP contribution < -0.4 is 10.5 Å². The van der Waals surface area contributed by atoms with Gasteiger partial charge in [0.25, 0.3) is 11.2 Å². The second-order valence-corrected chi connectivity index (χ2v) is 10.2. The van der Waals surface area contributed by atoms with Crippen LogP contribution in [-0.2, 0) is 16.2 Å². The van der Waals surface area contributed by atoms with Crippen molar-refractivity contribution < 1.29 is 26.5 Å². The van der Waals surface area contributed by atoms with Crippen molar-refractivity contribution in [2.24, 2.45) is 0 Å². The molecule has 0 spiro atoms. The Bertz CT molecular complexity index is 1190. The smallest absolute Gasteiger partial charge is 0.345 e. The number of sulfonamides is 1. The van der Waals surface area contributed by atoms with Crippen LogP contribution in [0.3, 0.4) is 0 Å². The summed E-state index contributed by atoms with van der Waals surface area (Å²) in [5, 5.41) is 10.6. The summed E-state index contributed by atoms with van der Waals surface area (Å²) in [6.07, 6.45) is -3.57. The van der Waals surface area contributed by atoms with Crippen LogP contribution in [0.1, 0.15) is 18.4 Å². The third-order valence-corrected chi connectivity index (χ3v) is 8.59. The molecule has 0 atom stereocenters. The van der Waals surface area contributed by atoms with Crippen molar-refractivity contribution in [2.45, 2.75) is 24.3 Å². The lowest BCUT2D eigenvalue weighted by Gasteiger charge is -2.34. The molecule has 14 heteroatoms. The Morgan fingerprint density at radius 3 is 2.33 bits per heavy atom. The molecule has 1 saturated heterocycles. The number of benzene rings is 1. The minimum absolute atomic E-state index is 0.110. The van der Waals surface area contributed by atoms with Gasteiger partial charge in [0.05, 0.1) is 21.1 Å². The van der Waals surface area contributed by atoms with E-state index in [0.717, 1.165) is 11.3 Å². The molecule has 30 heavy (non-hydrogen) atoms. The summed E-state index contributed by atoms with van der Waals surface area (Å²) in [7, 11) is -3.34. The summed E-state index contributed by atoms with van der Waals surface area (Å²) in [4.78, 5) is 28.2. The fourth-order valence-corrected chi connectivity index (χ4v) is 6.23. The molecule has 9 nitrogen and oxygen atoms in total. The molecule has 1 aromatic carbocycles. The zero-order valence-corrected chi connectivity index (χ0v) is 16.9. The fourth-order valence-electron chi connectivity index (χ4n) is 3.29. The number of alkyl halides is 3. The highest BCUT2D eigenvalue weighted by Gasteiger charge is 2.41. The Hall–Kier alpha value is -2.32. The molecular weight excluding hydrogens is 449 g/mol. The predicted octanol–water partition coefficient (Wildman–Crippen LogP) is 2.20. The van der Waals surface area contributed by atoms with Crippen molar-refractivity contribution in [3.63, 3.8) is 0 Å². The van der Waals surface area contributed by atoms with E-state index in [4.69, 9.17) is 0 Å². The summed E-state index contributed by atoms with van der Waals surface area (Å²) >= 11 is 0.747. The highest BCUT2D eigenvalue weighted by atomic mass is 32.2. The number of nitro benzene ring substituents is 1. The second-order valence-electron chi connectivity index (χ2n) is 7.06. The first-order chi connectivity index (χ1) is 14.0. The molecule has 1 aliphatic carbocycles. The van der Waals surface area contributed by atoms with Gasteiger partial charge in [-0.05, 0) is 18.9 Å². The number of hydrogen-bond donors (Lipinski definition) is 0. The van der Waals surface area contributed by atoms with Gasteiger partial charge in [-0.25, -0.2) is 8.42 Å². The van der Waals surface area contributed by atoms with Gasteiger partial charge >= 0.3 is 6.18 Å². The first-order valence-corrected chi connectivity index (χ1v) is 11.2. The Morgan fingerprint density at radius 1 is 1.17 bits per heavy atom. The van der Waals surface area contributed by atoms with Crippen LogP contribution in [0.25, 0.3) is 10.1 Å². The number of halogens is 3. The maximum absolute atomic E-state index is 13.1. The van der Waals surface area contributed by atoms with Crippen LogP contribution in [0.5, 0.6) is 0 Å². The predicted molar refractivity (Wildman–Crippen MR) is 103 cm³/mol. The van der Waals surface area contributed by atoms with Crippen LogP contribution in [-0.4, -0.2) is 54.1 Å². The fraction of sp³-hybridized carbons (Fsp3) is 0.500. The number of non-ortho nitro benzene ring substituents is 1. The molecule has 4 rings (SSSR count). The summed E-state index contributed by atoms with van der Waals surface area (Å²) in [5.74, 6) is 0. The lowest BCUT2D eigenvalue weighted by Crippen LogP contribution is -2.49. The van der Waals surface area contributed by atoms with Gasteiger partial charge in [-0.1, -0.05) is 11.3 Å². The second kappa shape index (κ2) is 7.13. The van der Waals surface area contributed by atoms with Gasteiger partial charge in [-0.2, -0.15) is 22.5 Å². The zero-order chi connectivity index (χ0) is 21.8. The van der Waals surface area contributed by atoms with E-state index in [1.165, 1.54) is 4.31 Å². The molecule has 0 N–H and O–H groups in total. The maximum atomic E-state index is 13.1. The molecular formula is C16H15F3N4O5S2. The van der Waals surface area contributed by atoms with Gasteiger partial charge in [0, 0.05) is 32.2 Å². The molecule has 2 aliphatic rings. The molecule has 1 aromatic heterocycles. The number of aromatic nitrogens is 1.